The van der Waals surface area contributed by atoms with Gasteiger partial charge in [-0.3, -0.25) is 0 Å². The summed E-state index contributed by atoms with van der Waals surface area (Å²) in [6.45, 7) is 2.59. The molecule has 1 N–H and O–H groups in total. The first-order valence-corrected chi connectivity index (χ1v) is 6.15. The molecule has 0 spiro atoms. The summed E-state index contributed by atoms with van der Waals surface area (Å²) in [6.07, 6.45) is -4.70. The van der Waals surface area contributed by atoms with Gasteiger partial charge in [0.2, 0.25) is 0 Å². The lowest BCUT2D eigenvalue weighted by molar-refractivity contribution is -0.139. The molecule has 0 aliphatic rings. The predicted molar refractivity (Wildman–Crippen MR) is 72.0 cm³/mol. The van der Waals surface area contributed by atoms with E-state index in [-0.39, 0.29) is 12.3 Å². The van der Waals surface area contributed by atoms with Crippen LogP contribution < -0.4 is 10.1 Å². The van der Waals surface area contributed by atoms with E-state index in [1.807, 2.05) is 0 Å². The van der Waals surface area contributed by atoms with Crippen LogP contribution in [0.2, 0.25) is 0 Å². The van der Waals surface area contributed by atoms with E-state index in [1.165, 1.54) is 38.3 Å². The summed E-state index contributed by atoms with van der Waals surface area (Å²) in [7, 11) is 1.45. The van der Waals surface area contributed by atoms with Crippen molar-refractivity contribution < 1.29 is 27.4 Å². The van der Waals surface area contributed by atoms with Crippen molar-refractivity contribution in [2.45, 2.75) is 20.0 Å². The van der Waals surface area contributed by atoms with E-state index >= 15 is 0 Å². The van der Waals surface area contributed by atoms with E-state index in [9.17, 15) is 18.0 Å². The smallest absolute Gasteiger partial charge is 0.431 e. The van der Waals surface area contributed by atoms with Crippen LogP contribution in [0.15, 0.2) is 35.5 Å². The van der Waals surface area contributed by atoms with Crippen molar-refractivity contribution >= 4 is 11.7 Å². The highest BCUT2D eigenvalue weighted by Gasteiger charge is 2.37. The molecule has 0 atom stereocenters. The van der Waals surface area contributed by atoms with Crippen molar-refractivity contribution in [3.05, 3.63) is 35.5 Å². The molecule has 116 valence electrons. The number of allylic oxidation sites excluding steroid dienone is 1. The van der Waals surface area contributed by atoms with Gasteiger partial charge in [-0.05, 0) is 38.1 Å². The molecule has 0 aromatic heterocycles. The zero-order valence-corrected chi connectivity index (χ0v) is 11.9. The fourth-order valence-corrected chi connectivity index (χ4v) is 1.54. The summed E-state index contributed by atoms with van der Waals surface area (Å²) in [5.41, 5.74) is -1.49. The molecule has 0 fully saturated rings. The first-order valence-electron chi connectivity index (χ1n) is 6.15. The Hall–Kier alpha value is -2.18. The second kappa shape index (κ2) is 7.01. The minimum absolute atomic E-state index is 0.00382. The molecular weight excluding hydrogens is 287 g/mol. The molecule has 0 amide bonds. The van der Waals surface area contributed by atoms with Crippen LogP contribution in [0.4, 0.5) is 18.9 Å². The minimum atomic E-state index is -4.70. The van der Waals surface area contributed by atoms with Gasteiger partial charge >= 0.3 is 12.1 Å². The van der Waals surface area contributed by atoms with Gasteiger partial charge < -0.3 is 14.8 Å². The van der Waals surface area contributed by atoms with Crippen LogP contribution >= 0.6 is 0 Å². The molecular formula is C14H16F3NO3. The Labute approximate surface area is 120 Å². The Kier molecular flexibility index (Phi) is 5.63. The average Bonchev–Trinajstić information content (AvgIpc) is 2.43. The number of hydrogen-bond donors (Lipinski definition) is 1. The van der Waals surface area contributed by atoms with Gasteiger partial charge in [0.1, 0.15) is 11.4 Å². The van der Waals surface area contributed by atoms with Crippen molar-refractivity contribution in [1.82, 2.24) is 0 Å². The second-order valence-electron chi connectivity index (χ2n) is 4.07. The van der Waals surface area contributed by atoms with Gasteiger partial charge in [0.15, 0.2) is 0 Å². The topological polar surface area (TPSA) is 47.6 Å². The van der Waals surface area contributed by atoms with Gasteiger partial charge in [0, 0.05) is 5.69 Å². The lowest BCUT2D eigenvalue weighted by Crippen LogP contribution is -2.24. The Balaban J connectivity index is 3.09. The van der Waals surface area contributed by atoms with E-state index in [2.05, 4.69) is 10.1 Å². The van der Waals surface area contributed by atoms with Gasteiger partial charge in [-0.15, -0.1) is 0 Å². The number of methoxy groups -OCH3 is 1. The first kappa shape index (κ1) is 16.9. The number of hydrogen-bond acceptors (Lipinski definition) is 4. The predicted octanol–water partition coefficient (Wildman–Crippen LogP) is 3.51. The third-order valence-corrected chi connectivity index (χ3v) is 2.60. The quantitative estimate of drug-likeness (QED) is 0.668. The van der Waals surface area contributed by atoms with Crippen LogP contribution in [0.5, 0.6) is 5.75 Å². The summed E-state index contributed by atoms with van der Waals surface area (Å²) in [6, 6.07) is 5.86. The minimum Gasteiger partial charge on any atom is -0.497 e. The highest BCUT2D eigenvalue weighted by Crippen LogP contribution is 2.30. The molecule has 4 nitrogen and oxygen atoms in total. The summed E-state index contributed by atoms with van der Waals surface area (Å²) >= 11 is 0. The lowest BCUT2D eigenvalue weighted by atomic mass is 10.2. The summed E-state index contributed by atoms with van der Waals surface area (Å²) in [4.78, 5) is 11.5. The van der Waals surface area contributed by atoms with Crippen molar-refractivity contribution in [1.29, 1.82) is 0 Å². The van der Waals surface area contributed by atoms with Gasteiger partial charge in [-0.1, -0.05) is 0 Å². The molecule has 0 heterocycles. The van der Waals surface area contributed by atoms with Gasteiger partial charge in [0.25, 0.3) is 0 Å². The molecule has 0 radical (unpaired) electrons. The van der Waals surface area contributed by atoms with Gasteiger partial charge in [-0.2, -0.15) is 13.2 Å². The van der Waals surface area contributed by atoms with Crippen LogP contribution in [0, 0.1) is 0 Å². The molecule has 1 aromatic rings. The van der Waals surface area contributed by atoms with Crippen molar-refractivity contribution in [3.8, 4) is 5.75 Å². The van der Waals surface area contributed by atoms with Crippen LogP contribution in [0.25, 0.3) is 0 Å². The SMILES string of the molecule is CCOC(=O)/C(C)=C(/Nc1ccc(OC)cc1)C(F)(F)F. The second-order valence-corrected chi connectivity index (χ2v) is 4.07. The highest BCUT2D eigenvalue weighted by atomic mass is 19.4. The summed E-state index contributed by atoms with van der Waals surface area (Å²) in [5, 5.41) is 2.21. The number of nitrogens with one attached hydrogen (secondary N) is 1. The molecule has 7 heteroatoms. The third kappa shape index (κ3) is 4.70. The lowest BCUT2D eigenvalue weighted by Gasteiger charge is -2.17. The molecule has 0 unspecified atom stereocenters. The number of carbonyl (C=O) groups is 1. The number of benzene rings is 1. The maximum absolute atomic E-state index is 13.0. The van der Waals surface area contributed by atoms with Crippen LogP contribution in [-0.2, 0) is 9.53 Å². The van der Waals surface area contributed by atoms with Crippen LogP contribution in [0.3, 0.4) is 0 Å². The molecule has 1 aromatic carbocycles. The van der Waals surface area contributed by atoms with Gasteiger partial charge in [0.05, 0.1) is 19.3 Å². The Morgan fingerprint density at radius 1 is 1.24 bits per heavy atom. The van der Waals surface area contributed by atoms with Crippen LogP contribution in [-0.4, -0.2) is 25.9 Å². The van der Waals surface area contributed by atoms with E-state index in [1.54, 1.807) is 0 Å². The number of anilines is 1. The third-order valence-electron chi connectivity index (χ3n) is 2.60. The number of alkyl halides is 3. The molecule has 0 saturated carbocycles. The maximum Gasteiger partial charge on any atom is 0.431 e. The largest absolute Gasteiger partial charge is 0.497 e. The highest BCUT2D eigenvalue weighted by molar-refractivity contribution is 5.89. The fraction of sp³-hybridized carbons (Fsp3) is 0.357. The molecule has 0 saturated heterocycles. The first-order chi connectivity index (χ1) is 9.79. The number of esters is 1. The van der Waals surface area contributed by atoms with Crippen molar-refractivity contribution in [3.63, 3.8) is 0 Å². The molecule has 1 rings (SSSR count). The van der Waals surface area contributed by atoms with E-state index in [0.29, 0.717) is 5.75 Å². The zero-order chi connectivity index (χ0) is 16.0. The summed E-state index contributed by atoms with van der Waals surface area (Å²) < 4.78 is 48.7. The normalized spacial score (nSPS) is 12.5. The summed E-state index contributed by atoms with van der Waals surface area (Å²) in [5.74, 6) is -0.494. The van der Waals surface area contributed by atoms with E-state index < -0.39 is 23.4 Å². The average molecular weight is 303 g/mol. The Bertz CT molecular complexity index is 521. The number of carbonyl (C=O) groups excluding carboxylic acids is 1. The van der Waals surface area contributed by atoms with Crippen molar-refractivity contribution in [2.75, 3.05) is 19.0 Å². The number of halogens is 3. The van der Waals surface area contributed by atoms with E-state index in [4.69, 9.17) is 4.74 Å². The Morgan fingerprint density at radius 2 is 1.81 bits per heavy atom. The molecule has 0 bridgehead atoms. The van der Waals surface area contributed by atoms with Gasteiger partial charge in [-0.25, -0.2) is 4.79 Å². The molecule has 0 aliphatic carbocycles. The Morgan fingerprint density at radius 3 is 2.24 bits per heavy atom. The number of rotatable bonds is 5. The maximum atomic E-state index is 13.0. The van der Waals surface area contributed by atoms with E-state index in [0.717, 1.165) is 6.92 Å². The number of ether oxygens (including phenoxy) is 2. The van der Waals surface area contributed by atoms with Crippen molar-refractivity contribution in [2.24, 2.45) is 0 Å². The fourth-order valence-electron chi connectivity index (χ4n) is 1.54. The monoisotopic (exact) mass is 303 g/mol. The zero-order valence-electron chi connectivity index (χ0n) is 11.9. The molecule has 0 aliphatic heterocycles. The van der Waals surface area contributed by atoms with Crippen LogP contribution in [0.1, 0.15) is 13.8 Å². The standard InChI is InChI=1S/C14H16F3NO3/c1-4-21-13(19)9(2)12(14(15,16)17)18-10-5-7-11(20-3)8-6-10/h5-8,18H,4H2,1-3H3/b12-9+. The molecule has 21 heavy (non-hydrogen) atoms.